The van der Waals surface area contributed by atoms with Crippen molar-refractivity contribution in [3.63, 3.8) is 0 Å². The summed E-state index contributed by atoms with van der Waals surface area (Å²) in [5.41, 5.74) is 0.542. The number of carbonyl (C=O) groups is 1. The third kappa shape index (κ3) is 4.44. The van der Waals surface area contributed by atoms with Crippen molar-refractivity contribution in [2.24, 2.45) is 0 Å². The van der Waals surface area contributed by atoms with Gasteiger partial charge in [0.15, 0.2) is 0 Å². The van der Waals surface area contributed by atoms with Crippen molar-refractivity contribution in [1.82, 2.24) is 0 Å². The van der Waals surface area contributed by atoms with Crippen LogP contribution in [-0.4, -0.2) is 14.3 Å². The smallest absolute Gasteiger partial charge is 0.339 e. The van der Waals surface area contributed by atoms with Crippen LogP contribution in [0.4, 0.5) is 5.69 Å². The SMILES string of the molecule is CCC(=O)Nc1ccc(S(=O)(=O)Oc2ccc(I)cc2)cc1. The Hall–Kier alpha value is -1.61. The van der Waals surface area contributed by atoms with Crippen molar-refractivity contribution in [2.45, 2.75) is 18.2 Å². The highest BCUT2D eigenvalue weighted by molar-refractivity contribution is 14.1. The predicted molar refractivity (Wildman–Crippen MR) is 92.3 cm³/mol. The van der Waals surface area contributed by atoms with E-state index in [1.807, 2.05) is 0 Å². The molecule has 0 unspecified atom stereocenters. The summed E-state index contributed by atoms with van der Waals surface area (Å²) in [5, 5.41) is 2.65. The van der Waals surface area contributed by atoms with Crippen LogP contribution in [0.15, 0.2) is 53.4 Å². The molecule has 7 heteroatoms. The molecular weight excluding hydrogens is 417 g/mol. The third-order valence-corrected chi connectivity index (χ3v) is 4.75. The lowest BCUT2D eigenvalue weighted by Crippen LogP contribution is -2.11. The van der Waals surface area contributed by atoms with Crippen molar-refractivity contribution >= 4 is 44.3 Å². The summed E-state index contributed by atoms with van der Waals surface area (Å²) in [7, 11) is -3.89. The average molecular weight is 431 g/mol. The van der Waals surface area contributed by atoms with Crippen LogP contribution >= 0.6 is 22.6 Å². The van der Waals surface area contributed by atoms with Crippen LogP contribution in [0.5, 0.6) is 5.75 Å². The first-order chi connectivity index (χ1) is 10.4. The lowest BCUT2D eigenvalue weighted by molar-refractivity contribution is -0.115. The fourth-order valence-corrected chi connectivity index (χ4v) is 2.91. The summed E-state index contributed by atoms with van der Waals surface area (Å²) < 4.78 is 30.4. The summed E-state index contributed by atoms with van der Waals surface area (Å²) in [6.45, 7) is 1.74. The summed E-state index contributed by atoms with van der Waals surface area (Å²) in [6.07, 6.45) is 0.357. The van der Waals surface area contributed by atoms with Gasteiger partial charge >= 0.3 is 10.1 Å². The third-order valence-electron chi connectivity index (χ3n) is 2.77. The first kappa shape index (κ1) is 16.8. The highest BCUT2D eigenvalue weighted by Gasteiger charge is 2.16. The van der Waals surface area contributed by atoms with Crippen molar-refractivity contribution in [3.05, 3.63) is 52.1 Å². The molecule has 0 bridgehead atoms. The van der Waals surface area contributed by atoms with E-state index in [4.69, 9.17) is 4.18 Å². The van der Waals surface area contributed by atoms with Gasteiger partial charge in [-0.15, -0.1) is 0 Å². The Labute approximate surface area is 143 Å². The van der Waals surface area contributed by atoms with Crippen LogP contribution in [0.3, 0.4) is 0 Å². The topological polar surface area (TPSA) is 72.5 Å². The zero-order valence-electron chi connectivity index (χ0n) is 11.7. The van der Waals surface area contributed by atoms with E-state index in [-0.39, 0.29) is 16.6 Å². The molecule has 0 heterocycles. The number of hydrogen-bond acceptors (Lipinski definition) is 4. The summed E-state index contributed by atoms with van der Waals surface area (Å²) in [5.74, 6) is 0.120. The monoisotopic (exact) mass is 431 g/mol. The zero-order chi connectivity index (χ0) is 16.2. The Morgan fingerprint density at radius 1 is 1.09 bits per heavy atom. The van der Waals surface area contributed by atoms with Crippen molar-refractivity contribution in [2.75, 3.05) is 5.32 Å². The molecule has 2 rings (SSSR count). The van der Waals surface area contributed by atoms with Crippen LogP contribution in [0.25, 0.3) is 0 Å². The molecule has 116 valence electrons. The van der Waals surface area contributed by atoms with Crippen molar-refractivity contribution in [1.29, 1.82) is 0 Å². The molecule has 0 radical (unpaired) electrons. The Kier molecular flexibility index (Phi) is 5.41. The second kappa shape index (κ2) is 7.10. The number of benzene rings is 2. The number of amides is 1. The van der Waals surface area contributed by atoms with Crippen LogP contribution in [0, 0.1) is 3.57 Å². The number of rotatable bonds is 5. The molecule has 5 nitrogen and oxygen atoms in total. The van der Waals surface area contributed by atoms with Crippen molar-refractivity contribution < 1.29 is 17.4 Å². The van der Waals surface area contributed by atoms with Crippen LogP contribution in [0.1, 0.15) is 13.3 Å². The molecule has 0 aliphatic rings. The molecule has 0 spiro atoms. The van der Waals surface area contributed by atoms with E-state index in [0.29, 0.717) is 12.1 Å². The number of hydrogen-bond donors (Lipinski definition) is 1. The fourth-order valence-electron chi connectivity index (χ4n) is 1.62. The Bertz CT molecular complexity index is 755. The molecule has 0 atom stereocenters. The Balaban J connectivity index is 2.15. The van der Waals surface area contributed by atoms with Gasteiger partial charge in [0.25, 0.3) is 0 Å². The van der Waals surface area contributed by atoms with Gasteiger partial charge in [0.2, 0.25) is 5.91 Å². The summed E-state index contributed by atoms with van der Waals surface area (Å²) in [6, 6.07) is 12.5. The lowest BCUT2D eigenvalue weighted by Gasteiger charge is -2.08. The minimum Gasteiger partial charge on any atom is -0.379 e. The maximum atomic E-state index is 12.2. The number of halogens is 1. The van der Waals surface area contributed by atoms with E-state index >= 15 is 0 Å². The van der Waals surface area contributed by atoms with E-state index in [9.17, 15) is 13.2 Å². The fraction of sp³-hybridized carbons (Fsp3) is 0.133. The Morgan fingerprint density at radius 3 is 2.23 bits per heavy atom. The largest absolute Gasteiger partial charge is 0.379 e. The highest BCUT2D eigenvalue weighted by Crippen LogP contribution is 2.21. The number of anilines is 1. The van der Waals surface area contributed by atoms with Gasteiger partial charge in [-0.3, -0.25) is 4.79 Å². The first-order valence-electron chi connectivity index (χ1n) is 6.50. The second-order valence-electron chi connectivity index (χ2n) is 4.42. The van der Waals surface area contributed by atoms with E-state index in [1.54, 1.807) is 31.2 Å². The summed E-state index contributed by atoms with van der Waals surface area (Å²) >= 11 is 2.12. The maximum Gasteiger partial charge on any atom is 0.339 e. The molecule has 2 aromatic carbocycles. The highest BCUT2D eigenvalue weighted by atomic mass is 127. The van der Waals surface area contributed by atoms with Crippen LogP contribution in [-0.2, 0) is 14.9 Å². The average Bonchev–Trinajstić information content (AvgIpc) is 2.50. The predicted octanol–water partition coefficient (Wildman–Crippen LogP) is 3.41. The molecule has 0 aliphatic heterocycles. The van der Waals surface area contributed by atoms with Crippen molar-refractivity contribution in [3.8, 4) is 5.75 Å². The lowest BCUT2D eigenvalue weighted by atomic mass is 10.3. The standard InChI is InChI=1S/C15H14INO4S/c1-2-15(18)17-12-5-9-14(10-6-12)22(19,20)21-13-7-3-11(16)4-8-13/h3-10H,2H2,1H3,(H,17,18). The van der Waals surface area contributed by atoms with Gasteiger partial charge in [-0.25, -0.2) is 0 Å². The zero-order valence-corrected chi connectivity index (χ0v) is 14.7. The molecule has 22 heavy (non-hydrogen) atoms. The van der Waals surface area contributed by atoms with Gasteiger partial charge in [0, 0.05) is 15.7 Å². The molecule has 0 aliphatic carbocycles. The molecular formula is C15H14INO4S. The number of nitrogens with one attached hydrogen (secondary N) is 1. The van der Waals surface area contributed by atoms with E-state index in [2.05, 4.69) is 27.9 Å². The van der Waals surface area contributed by atoms with Gasteiger partial charge in [-0.1, -0.05) is 6.92 Å². The quantitative estimate of drug-likeness (QED) is 0.582. The van der Waals surface area contributed by atoms with Gasteiger partial charge in [-0.2, -0.15) is 8.42 Å². The van der Waals surface area contributed by atoms with E-state index in [1.165, 1.54) is 24.3 Å². The minimum atomic E-state index is -3.89. The first-order valence-corrected chi connectivity index (χ1v) is 8.99. The molecule has 1 amide bonds. The van der Waals surface area contributed by atoms with Gasteiger partial charge in [0.1, 0.15) is 10.6 Å². The van der Waals surface area contributed by atoms with Gasteiger partial charge in [0.05, 0.1) is 0 Å². The van der Waals surface area contributed by atoms with Crippen LogP contribution < -0.4 is 9.50 Å². The molecule has 0 saturated carbocycles. The second-order valence-corrected chi connectivity index (χ2v) is 7.21. The summed E-state index contributed by atoms with van der Waals surface area (Å²) in [4.78, 5) is 11.3. The van der Waals surface area contributed by atoms with E-state index < -0.39 is 10.1 Å². The number of carbonyl (C=O) groups excluding carboxylic acids is 1. The minimum absolute atomic E-state index is 0.0283. The van der Waals surface area contributed by atoms with Gasteiger partial charge in [-0.05, 0) is 71.1 Å². The van der Waals surface area contributed by atoms with Crippen LogP contribution in [0.2, 0.25) is 0 Å². The van der Waals surface area contributed by atoms with Gasteiger partial charge < -0.3 is 9.50 Å². The maximum absolute atomic E-state index is 12.2. The molecule has 1 N–H and O–H groups in total. The normalized spacial score (nSPS) is 11.0. The molecule has 2 aromatic rings. The Morgan fingerprint density at radius 2 is 1.68 bits per heavy atom. The molecule has 0 fully saturated rings. The molecule has 0 aromatic heterocycles. The van der Waals surface area contributed by atoms with E-state index in [0.717, 1.165) is 3.57 Å². The molecule has 0 saturated heterocycles.